The quantitative estimate of drug-likeness (QED) is 0.817. The van der Waals surface area contributed by atoms with Gasteiger partial charge in [0.05, 0.1) is 0 Å². The van der Waals surface area contributed by atoms with Gasteiger partial charge in [0.1, 0.15) is 11.6 Å². The first-order valence-corrected chi connectivity index (χ1v) is 4.63. The molecule has 0 saturated carbocycles. The van der Waals surface area contributed by atoms with Crippen LogP contribution >= 0.6 is 0 Å². The molecular weight excluding hydrogens is 197 g/mol. The number of carbonyl (C=O) groups is 2. The summed E-state index contributed by atoms with van der Waals surface area (Å²) in [6, 6.07) is 5.41. The van der Waals surface area contributed by atoms with Crippen LogP contribution < -0.4 is 5.32 Å². The van der Waals surface area contributed by atoms with Gasteiger partial charge in [0.2, 0.25) is 0 Å². The molecule has 4 heteroatoms. The summed E-state index contributed by atoms with van der Waals surface area (Å²) in [4.78, 5) is 22.0. The molecule has 0 aromatic heterocycles. The molecule has 1 amide bonds. The second-order valence-corrected chi connectivity index (χ2v) is 3.22. The Morgan fingerprint density at radius 1 is 1.40 bits per heavy atom. The van der Waals surface area contributed by atoms with Crippen molar-refractivity contribution >= 4 is 11.7 Å². The molecule has 1 aromatic rings. The van der Waals surface area contributed by atoms with Gasteiger partial charge in [-0.1, -0.05) is 6.07 Å². The van der Waals surface area contributed by atoms with Crippen LogP contribution in [0.25, 0.3) is 0 Å². The van der Waals surface area contributed by atoms with Crippen molar-refractivity contribution in [2.45, 2.75) is 13.3 Å². The number of amides is 1. The highest BCUT2D eigenvalue weighted by atomic mass is 19.1. The maximum Gasteiger partial charge on any atom is 0.251 e. The van der Waals surface area contributed by atoms with Crippen molar-refractivity contribution in [1.82, 2.24) is 5.32 Å². The summed E-state index contributed by atoms with van der Waals surface area (Å²) in [7, 11) is 0. The number of Topliss-reactive ketones (excluding diaryl/α,β-unsaturated/α-hetero) is 1. The van der Waals surface area contributed by atoms with Crippen LogP contribution in [0.2, 0.25) is 0 Å². The van der Waals surface area contributed by atoms with Crippen LogP contribution in [0, 0.1) is 5.82 Å². The maximum atomic E-state index is 12.7. The van der Waals surface area contributed by atoms with Crippen molar-refractivity contribution in [3.8, 4) is 0 Å². The number of halogens is 1. The molecule has 0 heterocycles. The molecule has 0 atom stereocenters. The standard InChI is InChI=1S/C11H12FNO2/c1-8(14)5-6-13-11(15)9-3-2-4-10(12)7-9/h2-4,7H,5-6H2,1H3,(H,13,15). The van der Waals surface area contributed by atoms with Crippen LogP contribution in [-0.2, 0) is 4.79 Å². The Hall–Kier alpha value is -1.71. The summed E-state index contributed by atoms with van der Waals surface area (Å²) in [6.07, 6.45) is 0.293. The van der Waals surface area contributed by atoms with Crippen molar-refractivity contribution in [3.63, 3.8) is 0 Å². The SMILES string of the molecule is CC(=O)CCNC(=O)c1cccc(F)c1. The zero-order valence-electron chi connectivity index (χ0n) is 8.42. The third-order valence-corrected chi connectivity index (χ3v) is 1.85. The van der Waals surface area contributed by atoms with Crippen molar-refractivity contribution in [3.05, 3.63) is 35.6 Å². The van der Waals surface area contributed by atoms with Crippen molar-refractivity contribution in [1.29, 1.82) is 0 Å². The van der Waals surface area contributed by atoms with Gasteiger partial charge in [0, 0.05) is 18.5 Å². The molecule has 0 saturated heterocycles. The lowest BCUT2D eigenvalue weighted by atomic mass is 10.2. The number of nitrogens with one attached hydrogen (secondary N) is 1. The first-order chi connectivity index (χ1) is 7.09. The number of benzene rings is 1. The largest absolute Gasteiger partial charge is 0.352 e. The number of rotatable bonds is 4. The molecule has 0 spiro atoms. The summed E-state index contributed by atoms with van der Waals surface area (Å²) in [5.74, 6) is -0.806. The molecule has 0 fully saturated rings. The van der Waals surface area contributed by atoms with Gasteiger partial charge in [-0.05, 0) is 25.1 Å². The van der Waals surface area contributed by atoms with E-state index >= 15 is 0 Å². The van der Waals surface area contributed by atoms with Gasteiger partial charge in [-0.15, -0.1) is 0 Å². The fourth-order valence-corrected chi connectivity index (χ4v) is 1.08. The van der Waals surface area contributed by atoms with Gasteiger partial charge < -0.3 is 5.32 Å². The van der Waals surface area contributed by atoms with Crippen LogP contribution in [0.5, 0.6) is 0 Å². The third-order valence-electron chi connectivity index (χ3n) is 1.85. The van der Waals surface area contributed by atoms with Crippen LogP contribution in [0.3, 0.4) is 0 Å². The van der Waals surface area contributed by atoms with E-state index < -0.39 is 5.82 Å². The summed E-state index contributed by atoms with van der Waals surface area (Å²) >= 11 is 0. The Morgan fingerprint density at radius 3 is 2.73 bits per heavy atom. The highest BCUT2D eigenvalue weighted by Gasteiger charge is 2.05. The van der Waals surface area contributed by atoms with Gasteiger partial charge in [0.25, 0.3) is 5.91 Å². The molecule has 0 unspecified atom stereocenters. The first kappa shape index (κ1) is 11.4. The topological polar surface area (TPSA) is 46.2 Å². The van der Waals surface area contributed by atoms with Crippen LogP contribution in [0.4, 0.5) is 4.39 Å². The summed E-state index contributed by atoms with van der Waals surface area (Å²) in [5, 5.41) is 2.53. The van der Waals surface area contributed by atoms with Gasteiger partial charge in [-0.3, -0.25) is 9.59 Å². The van der Waals surface area contributed by atoms with E-state index in [0.29, 0.717) is 6.42 Å². The molecule has 0 bridgehead atoms. The minimum Gasteiger partial charge on any atom is -0.352 e. The number of hydrogen-bond acceptors (Lipinski definition) is 2. The van der Waals surface area contributed by atoms with E-state index in [1.165, 1.54) is 25.1 Å². The van der Waals surface area contributed by atoms with E-state index in [1.54, 1.807) is 0 Å². The molecule has 80 valence electrons. The fraction of sp³-hybridized carbons (Fsp3) is 0.273. The normalized spacial score (nSPS) is 9.73. The highest BCUT2D eigenvalue weighted by molar-refractivity contribution is 5.94. The van der Waals surface area contributed by atoms with Gasteiger partial charge in [-0.25, -0.2) is 4.39 Å². The first-order valence-electron chi connectivity index (χ1n) is 4.63. The van der Waals surface area contributed by atoms with Crippen molar-refractivity contribution < 1.29 is 14.0 Å². The summed E-state index contributed by atoms with van der Waals surface area (Å²) in [6.45, 7) is 1.74. The number of ketones is 1. The molecule has 1 aromatic carbocycles. The Balaban J connectivity index is 2.50. The van der Waals surface area contributed by atoms with Crippen molar-refractivity contribution in [2.24, 2.45) is 0 Å². The van der Waals surface area contributed by atoms with E-state index in [2.05, 4.69) is 5.32 Å². The second-order valence-electron chi connectivity index (χ2n) is 3.22. The predicted molar refractivity (Wildman–Crippen MR) is 54.0 cm³/mol. The minimum atomic E-state index is -0.450. The van der Waals surface area contributed by atoms with Crippen LogP contribution in [-0.4, -0.2) is 18.2 Å². The second kappa shape index (κ2) is 5.24. The Morgan fingerprint density at radius 2 is 2.13 bits per heavy atom. The Labute approximate surface area is 87.3 Å². The summed E-state index contributed by atoms with van der Waals surface area (Å²) < 4.78 is 12.7. The van der Waals surface area contributed by atoms with Crippen molar-refractivity contribution in [2.75, 3.05) is 6.54 Å². The monoisotopic (exact) mass is 209 g/mol. The number of carbonyl (C=O) groups excluding carboxylic acids is 2. The lowest BCUT2D eigenvalue weighted by Gasteiger charge is -2.03. The molecule has 3 nitrogen and oxygen atoms in total. The average Bonchev–Trinajstić information content (AvgIpc) is 2.17. The smallest absolute Gasteiger partial charge is 0.251 e. The Kier molecular flexibility index (Phi) is 3.97. The van der Waals surface area contributed by atoms with Gasteiger partial charge >= 0.3 is 0 Å². The summed E-state index contributed by atoms with van der Waals surface area (Å²) in [5.41, 5.74) is 0.263. The van der Waals surface area contributed by atoms with E-state index in [9.17, 15) is 14.0 Å². The van der Waals surface area contributed by atoms with Crippen LogP contribution in [0.15, 0.2) is 24.3 Å². The zero-order chi connectivity index (χ0) is 11.3. The lowest BCUT2D eigenvalue weighted by Crippen LogP contribution is -2.25. The fourth-order valence-electron chi connectivity index (χ4n) is 1.08. The predicted octanol–water partition coefficient (Wildman–Crippen LogP) is 1.53. The third kappa shape index (κ3) is 3.89. The molecule has 0 aliphatic heterocycles. The van der Waals surface area contributed by atoms with E-state index in [4.69, 9.17) is 0 Å². The minimum absolute atomic E-state index is 0.00884. The van der Waals surface area contributed by atoms with Gasteiger partial charge in [0.15, 0.2) is 0 Å². The van der Waals surface area contributed by atoms with E-state index in [-0.39, 0.29) is 23.8 Å². The maximum absolute atomic E-state index is 12.7. The molecule has 15 heavy (non-hydrogen) atoms. The lowest BCUT2D eigenvalue weighted by molar-refractivity contribution is -0.116. The Bertz CT molecular complexity index is 377. The molecule has 1 rings (SSSR count). The molecule has 0 aliphatic carbocycles. The zero-order valence-corrected chi connectivity index (χ0v) is 8.42. The molecular formula is C11H12FNO2. The van der Waals surface area contributed by atoms with E-state index in [1.807, 2.05) is 0 Å². The van der Waals surface area contributed by atoms with Gasteiger partial charge in [-0.2, -0.15) is 0 Å². The molecule has 0 radical (unpaired) electrons. The average molecular weight is 209 g/mol. The molecule has 1 N–H and O–H groups in total. The van der Waals surface area contributed by atoms with E-state index in [0.717, 1.165) is 6.07 Å². The van der Waals surface area contributed by atoms with Crippen LogP contribution in [0.1, 0.15) is 23.7 Å². The highest BCUT2D eigenvalue weighted by Crippen LogP contribution is 2.02. The molecule has 0 aliphatic rings. The number of hydrogen-bond donors (Lipinski definition) is 1.